The fourth-order valence-electron chi connectivity index (χ4n) is 6.69. The summed E-state index contributed by atoms with van der Waals surface area (Å²) in [6.45, 7) is -6.35. The van der Waals surface area contributed by atoms with Crippen LogP contribution in [0.15, 0.2) is 79.7 Å². The number of aliphatic hydroxyl groups excluding tert-OH is 23. The molecule has 15 atom stereocenters. The minimum Gasteiger partial charge on any atom is -0.506 e. The van der Waals surface area contributed by atoms with Crippen LogP contribution < -0.4 is 0 Å². The quantitative estimate of drug-likeness (QED) is 0.0490. The number of hydrogen-bond donors (Lipinski definition) is 23. The molecule has 0 spiro atoms. The topological polar surface area (TPSA) is 637 Å². The Morgan fingerprint density at radius 1 is 0.364 bits per heavy atom. The Bertz CT molecular complexity index is 2160. The summed E-state index contributed by atoms with van der Waals surface area (Å²) < 4.78 is 41.5. The smallest absolute Gasteiger partial charge is 0.321 e. The molecule has 23 N–H and O–H groups in total. The predicted molar refractivity (Wildman–Crippen MR) is 244 cm³/mol. The summed E-state index contributed by atoms with van der Waals surface area (Å²) in [5.41, 5.74) is 17.6. The van der Waals surface area contributed by atoms with Crippen molar-refractivity contribution in [2.45, 2.75) is 131 Å². The Kier molecular flexibility index (Phi) is 28.6. The largest absolute Gasteiger partial charge is 0.506 e. The summed E-state index contributed by atoms with van der Waals surface area (Å²) in [7, 11) is 0. The molecule has 37 nitrogen and oxygen atoms in total. The average molecular weight is 1120 g/mol. The van der Waals surface area contributed by atoms with E-state index in [1.54, 1.807) is 0 Å². The van der Waals surface area contributed by atoms with Crippen LogP contribution in [-0.2, 0) is 37.9 Å². The van der Waals surface area contributed by atoms with Gasteiger partial charge in [-0.3, -0.25) is 0 Å². The standard InChI is InChI=1S/C40H64N6O31/c41-45-43-7-1-14-22(53)31(62)39(69)77-33-20(13-51)76-40(32(63)27(33)58)75-17(4-10-48)24(55)30(61)37(67)72-16(3-9-47)23(54)29(60)36(66)71-15(2-8-44-46-42)21(52)28(59)38(68)74-19(6-12-50)26(57)35(65)73-18(5-11-49)25(56)34(64)70-14/h14-20,27,32-33,36-40,47-69H,1-13H2/b28-21+,29-23-,30-24-,31-22-,34-25+,35-26-. The van der Waals surface area contributed by atoms with Crippen molar-refractivity contribution in [3.05, 3.63) is 90.4 Å². The minimum atomic E-state index is -2.85. The van der Waals surface area contributed by atoms with Gasteiger partial charge < -0.3 is 155 Å². The second kappa shape index (κ2) is 33.0. The maximum atomic E-state index is 11.1. The summed E-state index contributed by atoms with van der Waals surface area (Å²) in [5.74, 6) is -19.0. The highest BCUT2D eigenvalue weighted by molar-refractivity contribution is 5.14. The van der Waals surface area contributed by atoms with Crippen molar-refractivity contribution in [3.8, 4) is 0 Å². The molecule has 3 heterocycles. The lowest BCUT2D eigenvalue weighted by atomic mass is 9.98. The van der Waals surface area contributed by atoms with Crippen molar-refractivity contribution < 1.29 is 155 Å². The van der Waals surface area contributed by atoms with E-state index in [4.69, 9.17) is 49.0 Å². The van der Waals surface area contributed by atoms with Crippen LogP contribution in [0.3, 0.4) is 0 Å². The van der Waals surface area contributed by atoms with E-state index in [1.165, 1.54) is 0 Å². The molecule has 0 saturated carbocycles. The number of ether oxygens (including phenoxy) is 8. The Morgan fingerprint density at radius 3 is 1.06 bits per heavy atom. The van der Waals surface area contributed by atoms with Crippen LogP contribution in [-0.4, -0.2) is 256 Å². The van der Waals surface area contributed by atoms with Gasteiger partial charge in [-0.05, 0) is 23.9 Å². The number of fused-ring (bicyclic) bond motifs is 24. The number of rotatable bonds is 15. The number of hydrogen-bond acceptors (Lipinski definition) is 33. The van der Waals surface area contributed by atoms with Gasteiger partial charge in [-0.25, -0.2) is 0 Å². The van der Waals surface area contributed by atoms with E-state index in [-0.39, 0.29) is 0 Å². The molecule has 77 heavy (non-hydrogen) atoms. The van der Waals surface area contributed by atoms with Gasteiger partial charge in [0.15, 0.2) is 64.6 Å². The molecule has 3 aliphatic rings. The van der Waals surface area contributed by atoms with Crippen LogP contribution in [0, 0.1) is 0 Å². The van der Waals surface area contributed by atoms with E-state index in [0.29, 0.717) is 0 Å². The van der Waals surface area contributed by atoms with Gasteiger partial charge in [-0.1, -0.05) is 10.2 Å². The first kappa shape index (κ1) is 66.7. The summed E-state index contributed by atoms with van der Waals surface area (Å²) in [6.07, 6.45) is -40.2. The molecule has 0 radical (unpaired) electrons. The molecule has 0 aliphatic carbocycles. The highest BCUT2D eigenvalue weighted by atomic mass is 16.7. The molecule has 1 fully saturated rings. The number of aliphatic hydroxyl groups is 23. The van der Waals surface area contributed by atoms with Gasteiger partial charge in [-0.2, -0.15) is 0 Å². The molecule has 37 heteroatoms. The first-order chi connectivity index (χ1) is 36.4. The third-order valence-corrected chi connectivity index (χ3v) is 10.7. The first-order valence-electron chi connectivity index (χ1n) is 22.5. The monoisotopic (exact) mass is 1120 g/mol. The zero-order valence-electron chi connectivity index (χ0n) is 40.1. The number of azide groups is 2. The van der Waals surface area contributed by atoms with Crippen LogP contribution in [0.25, 0.3) is 20.9 Å². The number of nitrogens with zero attached hydrogens (tertiary/aromatic N) is 6. The van der Waals surface area contributed by atoms with Crippen LogP contribution in [0.2, 0.25) is 0 Å². The van der Waals surface area contributed by atoms with E-state index in [0.717, 1.165) is 0 Å². The van der Waals surface area contributed by atoms with E-state index < -0.39 is 247 Å². The van der Waals surface area contributed by atoms with Crippen LogP contribution in [0.4, 0.5) is 0 Å². The normalized spacial score (nSPS) is 37.7. The van der Waals surface area contributed by atoms with E-state index in [9.17, 15) is 117 Å². The Labute approximate surface area is 432 Å². The molecule has 15 unspecified atom stereocenters. The third kappa shape index (κ3) is 18.9. The molecule has 0 amide bonds. The Morgan fingerprint density at radius 2 is 0.675 bits per heavy atom. The van der Waals surface area contributed by atoms with Gasteiger partial charge in [0.25, 0.3) is 0 Å². The molecule has 3 rings (SSSR count). The van der Waals surface area contributed by atoms with Crippen molar-refractivity contribution in [2.24, 2.45) is 10.2 Å². The lowest BCUT2D eigenvalue weighted by Crippen LogP contribution is -2.61. The second-order valence-corrected chi connectivity index (χ2v) is 15.9. The maximum Gasteiger partial charge on any atom is 0.321 e. The third-order valence-electron chi connectivity index (χ3n) is 10.7. The maximum absolute atomic E-state index is 11.1. The molecule has 0 aromatic rings. The molecule has 3 aliphatic heterocycles. The molecule has 2 bridgehead atoms. The highest BCUT2D eigenvalue weighted by Gasteiger charge is 2.48. The molecule has 440 valence electrons. The van der Waals surface area contributed by atoms with Gasteiger partial charge in [0, 0.05) is 75.0 Å². The van der Waals surface area contributed by atoms with Crippen LogP contribution in [0.5, 0.6) is 0 Å². The molecule has 1 saturated heterocycles. The second-order valence-electron chi connectivity index (χ2n) is 15.9. The van der Waals surface area contributed by atoms with Gasteiger partial charge in [-0.15, -0.1) is 0 Å². The average Bonchev–Trinajstić information content (AvgIpc) is 3.41. The Balaban J connectivity index is 2.94. The fraction of sp³-hybridized carbons (Fsp3) is 0.700. The van der Waals surface area contributed by atoms with Crippen LogP contribution >= 0.6 is 0 Å². The molecule has 0 aromatic carbocycles. The van der Waals surface area contributed by atoms with Gasteiger partial charge in [0.1, 0.15) is 48.8 Å². The lowest BCUT2D eigenvalue weighted by molar-refractivity contribution is -0.329. The zero-order valence-corrected chi connectivity index (χ0v) is 40.1. The zero-order chi connectivity index (χ0) is 58.3. The van der Waals surface area contributed by atoms with Crippen molar-refractivity contribution in [1.29, 1.82) is 0 Å². The van der Waals surface area contributed by atoms with E-state index in [2.05, 4.69) is 20.1 Å². The minimum absolute atomic E-state index is 0.654. The summed E-state index contributed by atoms with van der Waals surface area (Å²) in [4.78, 5) is 4.94. The molecular formula is C40H64N6O31. The van der Waals surface area contributed by atoms with E-state index >= 15 is 0 Å². The first-order valence-corrected chi connectivity index (χ1v) is 22.5. The summed E-state index contributed by atoms with van der Waals surface area (Å²) in [6, 6.07) is 0. The predicted octanol–water partition coefficient (Wildman–Crippen LogP) is -1.78. The lowest BCUT2D eigenvalue weighted by Gasteiger charge is -2.43. The van der Waals surface area contributed by atoms with Crippen molar-refractivity contribution in [2.75, 3.05) is 46.1 Å². The van der Waals surface area contributed by atoms with Gasteiger partial charge in [0.2, 0.25) is 36.7 Å². The van der Waals surface area contributed by atoms with Crippen molar-refractivity contribution in [1.82, 2.24) is 0 Å². The van der Waals surface area contributed by atoms with Gasteiger partial charge in [0.05, 0.1) is 6.61 Å². The molecule has 0 aromatic heterocycles. The Hall–Kier alpha value is -6.42. The van der Waals surface area contributed by atoms with Gasteiger partial charge >= 0.3 is 11.9 Å². The SMILES string of the molecule is [N-]=[N+]=NCCC1O/C(O)=C(/O)C(CCO)O/C(O)=C(\O)C(CCO)OC(O)/C(O)=C(\O)C(CCN=[N+]=[N-])OC(O)/C(O)=C(/O)C(CCO)OC(O)/C(O)=C(/O)C(CCO)OC2OC(CO)C(OC(O)/C(O)=C\1O)C(O)C2O. The fourth-order valence-corrected chi connectivity index (χ4v) is 6.69. The van der Waals surface area contributed by atoms with Crippen LogP contribution in [0.1, 0.15) is 38.5 Å². The van der Waals surface area contributed by atoms with E-state index in [1.807, 2.05) is 0 Å². The van der Waals surface area contributed by atoms with Crippen molar-refractivity contribution in [3.63, 3.8) is 0 Å². The van der Waals surface area contributed by atoms with Crippen molar-refractivity contribution >= 4 is 0 Å². The summed E-state index contributed by atoms with van der Waals surface area (Å²) >= 11 is 0. The highest BCUT2D eigenvalue weighted by Crippen LogP contribution is 2.31. The summed E-state index contributed by atoms with van der Waals surface area (Å²) in [5, 5.41) is 251. The molecular weight excluding hydrogens is 1060 g/mol.